The van der Waals surface area contributed by atoms with Crippen LogP contribution in [0.3, 0.4) is 0 Å². The summed E-state index contributed by atoms with van der Waals surface area (Å²) in [5.74, 6) is -1.85. The number of ketones is 1. The zero-order valence-corrected chi connectivity index (χ0v) is 10.7. The number of para-hydroxylation sites is 1. The molecule has 1 aliphatic rings. The number of hydrogen-bond donors (Lipinski definition) is 1. The second-order valence-electron chi connectivity index (χ2n) is 4.50. The van der Waals surface area contributed by atoms with Crippen molar-refractivity contribution in [1.29, 1.82) is 0 Å². The van der Waals surface area contributed by atoms with E-state index in [4.69, 9.17) is 14.6 Å². The zero-order valence-electron chi connectivity index (χ0n) is 10.7. The number of Topliss-reactive ketones (excluding diaryl/α,β-unsaturated/α-hetero) is 1. The monoisotopic (exact) mass is 264 g/mol. The number of carboxylic acid groups (broad SMARTS) is 1. The molecule has 0 heterocycles. The Balaban J connectivity index is 2.36. The number of ether oxygens (including phenoxy) is 2. The molecule has 0 radical (unpaired) electrons. The first-order valence-corrected chi connectivity index (χ1v) is 6.24. The van der Waals surface area contributed by atoms with Crippen molar-refractivity contribution in [2.45, 2.75) is 31.8 Å². The van der Waals surface area contributed by atoms with E-state index in [-0.39, 0.29) is 17.4 Å². The molecule has 0 aromatic heterocycles. The molecule has 2 rings (SSSR count). The topological polar surface area (TPSA) is 72.8 Å². The van der Waals surface area contributed by atoms with Gasteiger partial charge >= 0.3 is 5.97 Å². The van der Waals surface area contributed by atoms with Crippen molar-refractivity contribution in [3.05, 3.63) is 23.8 Å². The smallest absolute Gasteiger partial charge is 0.377 e. The molecule has 1 fully saturated rings. The zero-order chi connectivity index (χ0) is 13.8. The van der Waals surface area contributed by atoms with Gasteiger partial charge < -0.3 is 14.6 Å². The Morgan fingerprint density at radius 1 is 1.26 bits per heavy atom. The van der Waals surface area contributed by atoms with E-state index in [9.17, 15) is 9.59 Å². The van der Waals surface area contributed by atoms with E-state index in [1.54, 1.807) is 12.1 Å². The summed E-state index contributed by atoms with van der Waals surface area (Å²) < 4.78 is 10.9. The maximum Gasteiger partial charge on any atom is 0.377 e. The molecule has 0 bridgehead atoms. The van der Waals surface area contributed by atoms with E-state index in [1.165, 1.54) is 13.2 Å². The molecule has 0 spiro atoms. The lowest BCUT2D eigenvalue weighted by Crippen LogP contribution is -2.18. The average molecular weight is 264 g/mol. The lowest BCUT2D eigenvalue weighted by Gasteiger charge is -2.18. The van der Waals surface area contributed by atoms with Crippen molar-refractivity contribution in [2.75, 3.05) is 7.11 Å². The van der Waals surface area contributed by atoms with E-state index in [0.29, 0.717) is 5.75 Å². The molecule has 5 nitrogen and oxygen atoms in total. The van der Waals surface area contributed by atoms with Crippen molar-refractivity contribution >= 4 is 11.8 Å². The molecule has 1 aromatic rings. The maximum absolute atomic E-state index is 11.7. The van der Waals surface area contributed by atoms with E-state index in [0.717, 1.165) is 25.7 Å². The highest BCUT2D eigenvalue weighted by Gasteiger charge is 2.25. The fourth-order valence-electron chi connectivity index (χ4n) is 2.27. The molecule has 1 aliphatic carbocycles. The first-order chi connectivity index (χ1) is 9.13. The number of carboxylic acids is 1. The van der Waals surface area contributed by atoms with Crippen LogP contribution >= 0.6 is 0 Å². The number of hydrogen-bond acceptors (Lipinski definition) is 4. The quantitative estimate of drug-likeness (QED) is 0.652. The van der Waals surface area contributed by atoms with Crippen molar-refractivity contribution in [1.82, 2.24) is 0 Å². The highest BCUT2D eigenvalue weighted by atomic mass is 16.5. The summed E-state index contributed by atoms with van der Waals surface area (Å²) in [6.45, 7) is 0. The molecule has 102 valence electrons. The summed E-state index contributed by atoms with van der Waals surface area (Å²) >= 11 is 0. The second-order valence-corrected chi connectivity index (χ2v) is 4.50. The van der Waals surface area contributed by atoms with Crippen molar-refractivity contribution < 1.29 is 24.2 Å². The van der Waals surface area contributed by atoms with E-state index >= 15 is 0 Å². The molecule has 0 amide bonds. The molecular formula is C14H16O5. The van der Waals surface area contributed by atoms with Crippen molar-refractivity contribution in [2.24, 2.45) is 0 Å². The minimum Gasteiger partial charge on any atom is -0.493 e. The van der Waals surface area contributed by atoms with Gasteiger partial charge in [0.05, 0.1) is 18.8 Å². The van der Waals surface area contributed by atoms with E-state index < -0.39 is 11.8 Å². The van der Waals surface area contributed by atoms with Gasteiger partial charge in [-0.2, -0.15) is 0 Å². The minimum absolute atomic E-state index is 0.0247. The minimum atomic E-state index is -1.50. The number of carbonyl (C=O) groups is 2. The van der Waals surface area contributed by atoms with Gasteiger partial charge in [-0.25, -0.2) is 4.79 Å². The van der Waals surface area contributed by atoms with Crippen LogP contribution < -0.4 is 9.47 Å². The van der Waals surface area contributed by atoms with Gasteiger partial charge in [-0.1, -0.05) is 6.07 Å². The summed E-state index contributed by atoms with van der Waals surface area (Å²) in [6, 6.07) is 4.68. The second kappa shape index (κ2) is 5.73. The molecule has 1 N–H and O–H groups in total. The number of aliphatic carboxylic acids is 1. The molecule has 5 heteroatoms. The van der Waals surface area contributed by atoms with Crippen LogP contribution in [0.4, 0.5) is 0 Å². The van der Waals surface area contributed by atoms with Crippen LogP contribution in [-0.2, 0) is 4.79 Å². The van der Waals surface area contributed by atoms with Gasteiger partial charge in [0.25, 0.3) is 5.78 Å². The fourth-order valence-corrected chi connectivity index (χ4v) is 2.27. The van der Waals surface area contributed by atoms with Gasteiger partial charge in [-0.05, 0) is 37.8 Å². The lowest BCUT2D eigenvalue weighted by atomic mass is 10.1. The summed E-state index contributed by atoms with van der Waals surface area (Å²) in [6.07, 6.45) is 4.03. The highest BCUT2D eigenvalue weighted by Crippen LogP contribution is 2.35. The van der Waals surface area contributed by atoms with Crippen molar-refractivity contribution in [3.8, 4) is 11.5 Å². The Morgan fingerprint density at radius 2 is 1.95 bits per heavy atom. The summed E-state index contributed by atoms with van der Waals surface area (Å²) in [5.41, 5.74) is 0.0405. The first kappa shape index (κ1) is 13.4. The average Bonchev–Trinajstić information content (AvgIpc) is 2.91. The largest absolute Gasteiger partial charge is 0.493 e. The predicted molar refractivity (Wildman–Crippen MR) is 67.8 cm³/mol. The third kappa shape index (κ3) is 2.86. The maximum atomic E-state index is 11.7. The van der Waals surface area contributed by atoms with Gasteiger partial charge in [0.2, 0.25) is 0 Å². The summed E-state index contributed by atoms with van der Waals surface area (Å²) in [5, 5.41) is 8.84. The van der Waals surface area contributed by atoms with Gasteiger partial charge in [-0.15, -0.1) is 0 Å². The molecule has 1 aromatic carbocycles. The third-order valence-corrected chi connectivity index (χ3v) is 3.22. The number of benzene rings is 1. The number of methoxy groups -OCH3 is 1. The third-order valence-electron chi connectivity index (χ3n) is 3.22. The predicted octanol–water partition coefficient (Wildman–Crippen LogP) is 2.28. The van der Waals surface area contributed by atoms with Crippen LogP contribution in [0.1, 0.15) is 36.0 Å². The van der Waals surface area contributed by atoms with Gasteiger partial charge in [0.15, 0.2) is 11.5 Å². The molecule has 19 heavy (non-hydrogen) atoms. The Bertz CT molecular complexity index is 489. The standard InChI is InChI=1S/C14H16O5/c1-18-11-8-4-7-10(12(15)14(16)17)13(11)19-9-5-2-3-6-9/h4,7-9H,2-3,5-6H2,1H3,(H,16,17). The highest BCUT2D eigenvalue weighted by molar-refractivity contribution is 6.40. The molecule has 0 atom stereocenters. The van der Waals surface area contributed by atoms with Crippen LogP contribution in [0.2, 0.25) is 0 Å². The van der Waals surface area contributed by atoms with Crippen LogP contribution in [0, 0.1) is 0 Å². The Hall–Kier alpha value is -2.04. The van der Waals surface area contributed by atoms with E-state index in [1.807, 2.05) is 0 Å². The Morgan fingerprint density at radius 3 is 2.53 bits per heavy atom. The molecule has 0 saturated heterocycles. The Labute approximate surface area is 111 Å². The van der Waals surface area contributed by atoms with Crippen LogP contribution in [-0.4, -0.2) is 30.1 Å². The van der Waals surface area contributed by atoms with Crippen LogP contribution in [0.5, 0.6) is 11.5 Å². The van der Waals surface area contributed by atoms with Gasteiger partial charge in [-0.3, -0.25) is 4.79 Å². The van der Waals surface area contributed by atoms with E-state index in [2.05, 4.69) is 0 Å². The van der Waals surface area contributed by atoms with Gasteiger partial charge in [0, 0.05) is 0 Å². The lowest BCUT2D eigenvalue weighted by molar-refractivity contribution is -0.131. The molecule has 1 saturated carbocycles. The van der Waals surface area contributed by atoms with Crippen LogP contribution in [0.15, 0.2) is 18.2 Å². The fraction of sp³-hybridized carbons (Fsp3) is 0.429. The normalized spacial score (nSPS) is 15.2. The van der Waals surface area contributed by atoms with Crippen molar-refractivity contribution in [3.63, 3.8) is 0 Å². The SMILES string of the molecule is COc1cccc(C(=O)C(=O)O)c1OC1CCCC1. The molecule has 0 aliphatic heterocycles. The summed E-state index contributed by atoms with van der Waals surface area (Å²) in [7, 11) is 1.46. The molecular weight excluding hydrogens is 248 g/mol. The Kier molecular flexibility index (Phi) is 4.04. The summed E-state index contributed by atoms with van der Waals surface area (Å²) in [4.78, 5) is 22.5. The number of rotatable bonds is 5. The molecule has 0 unspecified atom stereocenters. The van der Waals surface area contributed by atoms with Crippen LogP contribution in [0.25, 0.3) is 0 Å². The number of carbonyl (C=O) groups excluding carboxylic acids is 1. The first-order valence-electron chi connectivity index (χ1n) is 6.24. The van der Waals surface area contributed by atoms with Gasteiger partial charge in [0.1, 0.15) is 0 Å².